The number of carbonyl (C=O) groups excluding carboxylic acids is 1. The number of nitrogens with one attached hydrogen (secondary N) is 1. The number of anilines is 1. The highest BCUT2D eigenvalue weighted by atomic mass is 16.2. The van der Waals surface area contributed by atoms with Crippen molar-refractivity contribution in [1.29, 1.82) is 0 Å². The van der Waals surface area contributed by atoms with Gasteiger partial charge in [0.1, 0.15) is 5.82 Å². The highest BCUT2D eigenvalue weighted by Crippen LogP contribution is 2.40. The summed E-state index contributed by atoms with van der Waals surface area (Å²) < 4.78 is 1.76. The average Bonchev–Trinajstić information content (AvgIpc) is 3.13. The first-order valence-electron chi connectivity index (χ1n) is 7.37. The zero-order valence-corrected chi connectivity index (χ0v) is 12.0. The summed E-state index contributed by atoms with van der Waals surface area (Å²) in [5, 5.41) is 7.45. The summed E-state index contributed by atoms with van der Waals surface area (Å²) in [6.07, 6.45) is 2.43. The molecule has 4 rings (SSSR count). The molecule has 5 nitrogen and oxygen atoms in total. The lowest BCUT2D eigenvalue weighted by molar-refractivity contribution is 0.212. The third kappa shape index (κ3) is 2.28. The minimum atomic E-state index is -0.0588. The van der Waals surface area contributed by atoms with Crippen molar-refractivity contribution in [3.63, 3.8) is 0 Å². The number of amides is 2. The smallest absolute Gasteiger partial charge is 0.316 e. The van der Waals surface area contributed by atoms with Crippen molar-refractivity contribution in [3.05, 3.63) is 47.2 Å². The number of urea groups is 1. The molecule has 1 fully saturated rings. The Morgan fingerprint density at radius 2 is 1.90 bits per heavy atom. The second-order valence-electron chi connectivity index (χ2n) is 5.91. The van der Waals surface area contributed by atoms with Gasteiger partial charge in [0.05, 0.1) is 5.69 Å². The first-order valence-corrected chi connectivity index (χ1v) is 7.37. The number of aromatic nitrogens is 2. The van der Waals surface area contributed by atoms with Crippen molar-refractivity contribution < 1.29 is 4.79 Å². The lowest BCUT2D eigenvalue weighted by Gasteiger charge is -2.16. The molecule has 1 aliphatic heterocycles. The second kappa shape index (κ2) is 4.62. The number of hydrogen-bond acceptors (Lipinski definition) is 2. The largest absolute Gasteiger partial charge is 0.323 e. The summed E-state index contributed by atoms with van der Waals surface area (Å²) in [4.78, 5) is 14.2. The van der Waals surface area contributed by atoms with E-state index in [0.29, 0.717) is 19.0 Å². The standard InChI is InChI=1S/C16H18N4O/c1-19-15(8-14(18-19)11-6-7-11)17-16(21)20-9-12-4-2-3-5-13(12)10-20/h2-5,8,11H,6-7,9-10H2,1H3,(H,17,21). The highest BCUT2D eigenvalue weighted by Gasteiger charge is 2.28. The Kier molecular flexibility index (Phi) is 2.74. The van der Waals surface area contributed by atoms with Crippen molar-refractivity contribution in [2.75, 3.05) is 5.32 Å². The van der Waals surface area contributed by atoms with Gasteiger partial charge in [0.25, 0.3) is 0 Å². The van der Waals surface area contributed by atoms with Crippen LogP contribution in [0.25, 0.3) is 0 Å². The SMILES string of the molecule is Cn1nc(C2CC2)cc1NC(=O)N1Cc2ccccc2C1. The molecular weight excluding hydrogens is 264 g/mol. The van der Waals surface area contributed by atoms with Crippen molar-refractivity contribution >= 4 is 11.8 Å². The van der Waals surface area contributed by atoms with E-state index in [4.69, 9.17) is 0 Å². The molecule has 1 aliphatic carbocycles. The molecule has 5 heteroatoms. The van der Waals surface area contributed by atoms with E-state index in [1.165, 1.54) is 24.0 Å². The third-order valence-corrected chi connectivity index (χ3v) is 4.26. The van der Waals surface area contributed by atoms with Crippen LogP contribution in [0, 0.1) is 0 Å². The van der Waals surface area contributed by atoms with Gasteiger partial charge in [0, 0.05) is 32.1 Å². The Labute approximate surface area is 123 Å². The minimum absolute atomic E-state index is 0.0588. The van der Waals surface area contributed by atoms with Crippen molar-refractivity contribution in [1.82, 2.24) is 14.7 Å². The maximum Gasteiger partial charge on any atom is 0.323 e. The van der Waals surface area contributed by atoms with Crippen LogP contribution in [0.15, 0.2) is 30.3 Å². The summed E-state index contributed by atoms with van der Waals surface area (Å²) in [7, 11) is 1.88. The molecule has 1 aromatic carbocycles. The number of nitrogens with zero attached hydrogens (tertiary/aromatic N) is 3. The van der Waals surface area contributed by atoms with Gasteiger partial charge in [0.15, 0.2) is 0 Å². The van der Waals surface area contributed by atoms with E-state index in [2.05, 4.69) is 22.5 Å². The van der Waals surface area contributed by atoms with E-state index in [-0.39, 0.29) is 6.03 Å². The minimum Gasteiger partial charge on any atom is -0.316 e. The maximum absolute atomic E-state index is 12.4. The van der Waals surface area contributed by atoms with Crippen LogP contribution in [0.3, 0.4) is 0 Å². The van der Waals surface area contributed by atoms with Crippen molar-refractivity contribution in [2.24, 2.45) is 7.05 Å². The Balaban J connectivity index is 1.47. The first kappa shape index (κ1) is 12.4. The van der Waals surface area contributed by atoms with Gasteiger partial charge in [0.2, 0.25) is 0 Å². The topological polar surface area (TPSA) is 50.2 Å². The monoisotopic (exact) mass is 282 g/mol. The van der Waals surface area contributed by atoms with Crippen molar-refractivity contribution in [3.8, 4) is 0 Å². The maximum atomic E-state index is 12.4. The summed E-state index contributed by atoms with van der Waals surface area (Å²) in [6.45, 7) is 1.35. The molecule has 0 bridgehead atoms. The molecule has 2 aliphatic rings. The normalized spacial score (nSPS) is 16.9. The van der Waals surface area contributed by atoms with Gasteiger partial charge in [-0.05, 0) is 24.0 Å². The average molecular weight is 282 g/mol. The van der Waals surface area contributed by atoms with Crippen LogP contribution in [-0.4, -0.2) is 20.7 Å². The van der Waals surface area contributed by atoms with Gasteiger partial charge >= 0.3 is 6.03 Å². The number of aryl methyl sites for hydroxylation is 1. The lowest BCUT2D eigenvalue weighted by Crippen LogP contribution is -2.30. The molecule has 2 amide bonds. The number of fused-ring (bicyclic) bond motifs is 1. The van der Waals surface area contributed by atoms with Crippen LogP contribution in [0.1, 0.15) is 35.6 Å². The Morgan fingerprint density at radius 1 is 1.24 bits per heavy atom. The summed E-state index contributed by atoms with van der Waals surface area (Å²) >= 11 is 0. The van der Waals surface area contributed by atoms with E-state index in [0.717, 1.165) is 11.5 Å². The predicted molar refractivity (Wildman–Crippen MR) is 79.9 cm³/mol. The fourth-order valence-corrected chi connectivity index (χ4v) is 2.85. The Hall–Kier alpha value is -2.30. The van der Waals surface area contributed by atoms with Gasteiger partial charge in [-0.25, -0.2) is 4.79 Å². The molecule has 0 spiro atoms. The van der Waals surface area contributed by atoms with Gasteiger partial charge in [-0.15, -0.1) is 0 Å². The molecule has 1 aromatic heterocycles. The fraction of sp³-hybridized carbons (Fsp3) is 0.375. The van der Waals surface area contributed by atoms with Gasteiger partial charge in [-0.2, -0.15) is 5.10 Å². The summed E-state index contributed by atoms with van der Waals surface area (Å²) in [6, 6.07) is 10.1. The molecule has 1 saturated carbocycles. The highest BCUT2D eigenvalue weighted by molar-refractivity contribution is 5.88. The fourth-order valence-electron chi connectivity index (χ4n) is 2.85. The van der Waals surface area contributed by atoms with E-state index in [9.17, 15) is 4.79 Å². The quantitative estimate of drug-likeness (QED) is 0.920. The number of hydrogen-bond donors (Lipinski definition) is 1. The van der Waals surface area contributed by atoms with Crippen LogP contribution in [0.5, 0.6) is 0 Å². The zero-order chi connectivity index (χ0) is 14.4. The number of benzene rings is 1. The lowest BCUT2D eigenvalue weighted by atomic mass is 10.1. The first-order chi connectivity index (χ1) is 10.2. The molecule has 0 saturated heterocycles. The van der Waals surface area contributed by atoms with E-state index < -0.39 is 0 Å². The molecule has 2 aromatic rings. The molecule has 1 N–H and O–H groups in total. The zero-order valence-electron chi connectivity index (χ0n) is 12.0. The predicted octanol–water partition coefficient (Wildman–Crippen LogP) is 2.85. The van der Waals surface area contributed by atoms with Crippen LogP contribution >= 0.6 is 0 Å². The molecule has 108 valence electrons. The van der Waals surface area contributed by atoms with Gasteiger partial charge in [-0.3, -0.25) is 10.00 Å². The third-order valence-electron chi connectivity index (χ3n) is 4.26. The van der Waals surface area contributed by atoms with Crippen molar-refractivity contribution in [2.45, 2.75) is 31.8 Å². The number of rotatable bonds is 2. The van der Waals surface area contributed by atoms with Gasteiger partial charge in [-0.1, -0.05) is 24.3 Å². The summed E-state index contributed by atoms with van der Waals surface area (Å²) in [5.74, 6) is 1.37. The number of carbonyl (C=O) groups is 1. The van der Waals surface area contributed by atoms with E-state index in [1.54, 1.807) is 4.68 Å². The Morgan fingerprint density at radius 3 is 2.52 bits per heavy atom. The van der Waals surface area contributed by atoms with Crippen LogP contribution in [0.4, 0.5) is 10.6 Å². The molecule has 2 heterocycles. The van der Waals surface area contributed by atoms with Crippen LogP contribution in [0.2, 0.25) is 0 Å². The van der Waals surface area contributed by atoms with E-state index in [1.807, 2.05) is 30.1 Å². The molecular formula is C16H18N4O. The van der Waals surface area contributed by atoms with Gasteiger partial charge < -0.3 is 4.90 Å². The molecule has 0 radical (unpaired) electrons. The molecule has 0 atom stereocenters. The van der Waals surface area contributed by atoms with Crippen LogP contribution in [-0.2, 0) is 20.1 Å². The van der Waals surface area contributed by atoms with E-state index >= 15 is 0 Å². The molecule has 0 unspecified atom stereocenters. The van der Waals surface area contributed by atoms with Crippen LogP contribution < -0.4 is 5.32 Å². The Bertz CT molecular complexity index is 677. The second-order valence-corrected chi connectivity index (χ2v) is 5.91. The molecule has 21 heavy (non-hydrogen) atoms. The summed E-state index contributed by atoms with van der Waals surface area (Å²) in [5.41, 5.74) is 3.56.